The molecule has 1 amide bonds. The zero-order chi connectivity index (χ0) is 24.0. The van der Waals surface area contributed by atoms with E-state index in [1.54, 1.807) is 19.2 Å². The van der Waals surface area contributed by atoms with Gasteiger partial charge < -0.3 is 14.8 Å². The number of halogens is 1. The van der Waals surface area contributed by atoms with E-state index in [9.17, 15) is 10.1 Å². The molecule has 0 spiro atoms. The minimum Gasteiger partial charge on any atom is -0.493 e. The summed E-state index contributed by atoms with van der Waals surface area (Å²) in [5.74, 6) is 0.584. The summed E-state index contributed by atoms with van der Waals surface area (Å²) in [6, 6.07) is 19.3. The van der Waals surface area contributed by atoms with E-state index in [4.69, 9.17) is 9.47 Å². The number of nitrogens with one attached hydrogen (secondary N) is 1. The van der Waals surface area contributed by atoms with Crippen molar-refractivity contribution < 1.29 is 14.3 Å². The third kappa shape index (κ3) is 6.24. The fraction of sp³-hybridized carbons (Fsp3) is 0.185. The van der Waals surface area contributed by atoms with Crippen LogP contribution in [-0.2, 0) is 11.4 Å². The first-order valence-electron chi connectivity index (χ1n) is 10.4. The molecule has 0 aliphatic heterocycles. The summed E-state index contributed by atoms with van der Waals surface area (Å²) < 4.78 is 12.1. The maximum atomic E-state index is 12.7. The number of amides is 1. The number of carbonyl (C=O) groups excluding carboxylic acids is 1. The van der Waals surface area contributed by atoms with Gasteiger partial charge in [-0.2, -0.15) is 5.26 Å². The molecule has 6 heteroatoms. The number of hydrogen-bond acceptors (Lipinski definition) is 4. The summed E-state index contributed by atoms with van der Waals surface area (Å²) in [5.41, 5.74) is 5.51. The van der Waals surface area contributed by atoms with Crippen molar-refractivity contribution in [2.45, 2.75) is 27.4 Å². The fourth-order valence-electron chi connectivity index (χ4n) is 3.34. The lowest BCUT2D eigenvalue weighted by atomic mass is 10.1. The van der Waals surface area contributed by atoms with E-state index in [0.29, 0.717) is 33.8 Å². The highest BCUT2D eigenvalue weighted by atomic mass is 79.9. The van der Waals surface area contributed by atoms with Crippen LogP contribution in [0.5, 0.6) is 11.5 Å². The molecule has 0 bridgehead atoms. The highest BCUT2D eigenvalue weighted by Crippen LogP contribution is 2.35. The van der Waals surface area contributed by atoms with E-state index in [0.717, 1.165) is 22.3 Å². The Morgan fingerprint density at radius 3 is 2.48 bits per heavy atom. The molecular weight excluding hydrogens is 480 g/mol. The second-order valence-corrected chi connectivity index (χ2v) is 8.60. The van der Waals surface area contributed by atoms with Gasteiger partial charge in [-0.3, -0.25) is 4.79 Å². The average Bonchev–Trinajstić information content (AvgIpc) is 2.78. The van der Waals surface area contributed by atoms with Crippen molar-refractivity contribution in [1.29, 1.82) is 5.26 Å². The van der Waals surface area contributed by atoms with E-state index in [-0.39, 0.29) is 5.57 Å². The first-order valence-corrected chi connectivity index (χ1v) is 11.2. The summed E-state index contributed by atoms with van der Waals surface area (Å²) in [4.78, 5) is 12.7. The zero-order valence-corrected chi connectivity index (χ0v) is 20.6. The Kier molecular flexibility index (Phi) is 7.92. The van der Waals surface area contributed by atoms with Crippen molar-refractivity contribution in [1.82, 2.24) is 0 Å². The molecule has 0 unspecified atom stereocenters. The molecule has 0 radical (unpaired) electrons. The number of aryl methyl sites for hydroxylation is 3. The maximum absolute atomic E-state index is 12.7. The molecule has 0 saturated heterocycles. The molecule has 1 N–H and O–H groups in total. The van der Waals surface area contributed by atoms with Gasteiger partial charge in [0.2, 0.25) is 0 Å². The molecule has 5 nitrogen and oxygen atoms in total. The number of benzene rings is 3. The van der Waals surface area contributed by atoms with Crippen LogP contribution in [0.2, 0.25) is 0 Å². The Hall–Kier alpha value is -3.56. The van der Waals surface area contributed by atoms with E-state index in [1.165, 1.54) is 6.08 Å². The second kappa shape index (κ2) is 10.8. The van der Waals surface area contributed by atoms with Gasteiger partial charge in [0.05, 0.1) is 7.11 Å². The lowest BCUT2D eigenvalue weighted by Gasteiger charge is -2.13. The van der Waals surface area contributed by atoms with Crippen molar-refractivity contribution in [3.63, 3.8) is 0 Å². The lowest BCUT2D eigenvalue weighted by Crippen LogP contribution is -2.14. The van der Waals surface area contributed by atoms with Crippen LogP contribution < -0.4 is 14.8 Å². The Morgan fingerprint density at radius 2 is 1.82 bits per heavy atom. The third-order valence-electron chi connectivity index (χ3n) is 5.05. The quantitative estimate of drug-likeness (QED) is 0.294. The molecule has 3 rings (SSSR count). The molecule has 0 heterocycles. The van der Waals surface area contributed by atoms with Crippen LogP contribution in [-0.4, -0.2) is 13.0 Å². The summed E-state index contributed by atoms with van der Waals surface area (Å²) in [6.45, 7) is 6.32. The van der Waals surface area contributed by atoms with Crippen LogP contribution in [0.1, 0.15) is 27.8 Å². The molecular formula is C27H25BrN2O3. The molecule has 0 atom stereocenters. The smallest absolute Gasteiger partial charge is 0.266 e. The Labute approximate surface area is 202 Å². The van der Waals surface area contributed by atoms with Gasteiger partial charge >= 0.3 is 0 Å². The van der Waals surface area contributed by atoms with Crippen LogP contribution in [0.4, 0.5) is 5.69 Å². The van der Waals surface area contributed by atoms with Gasteiger partial charge in [-0.1, -0.05) is 63.5 Å². The lowest BCUT2D eigenvalue weighted by molar-refractivity contribution is -0.112. The number of nitrogens with zero attached hydrogens (tertiary/aromatic N) is 1. The molecule has 3 aromatic rings. The summed E-state index contributed by atoms with van der Waals surface area (Å²) in [7, 11) is 1.55. The molecule has 0 aliphatic carbocycles. The van der Waals surface area contributed by atoms with Gasteiger partial charge in [-0.15, -0.1) is 0 Å². The monoisotopic (exact) mass is 504 g/mol. The SMILES string of the molecule is COc1cc(/C=C(\C#N)C(=O)Nc2ccc(C)cc2C)c(Br)cc1OCc1cccc(C)c1. The molecule has 33 heavy (non-hydrogen) atoms. The molecule has 0 saturated carbocycles. The number of hydrogen-bond donors (Lipinski definition) is 1. The third-order valence-corrected chi connectivity index (χ3v) is 5.74. The van der Waals surface area contributed by atoms with E-state index in [2.05, 4.69) is 27.3 Å². The first-order chi connectivity index (χ1) is 15.8. The van der Waals surface area contributed by atoms with Crippen molar-refractivity contribution in [2.24, 2.45) is 0 Å². The minimum atomic E-state index is -0.477. The van der Waals surface area contributed by atoms with Crippen LogP contribution >= 0.6 is 15.9 Å². The highest BCUT2D eigenvalue weighted by Gasteiger charge is 2.15. The van der Waals surface area contributed by atoms with Crippen LogP contribution in [0, 0.1) is 32.1 Å². The van der Waals surface area contributed by atoms with E-state index >= 15 is 0 Å². The number of rotatable bonds is 7. The number of carbonyl (C=O) groups is 1. The van der Waals surface area contributed by atoms with Gasteiger partial charge in [-0.25, -0.2) is 0 Å². The van der Waals surface area contributed by atoms with E-state index in [1.807, 2.05) is 63.2 Å². The number of nitriles is 1. The zero-order valence-electron chi connectivity index (χ0n) is 19.0. The maximum Gasteiger partial charge on any atom is 0.266 e. The summed E-state index contributed by atoms with van der Waals surface area (Å²) in [5, 5.41) is 12.4. The number of anilines is 1. The van der Waals surface area contributed by atoms with Crippen molar-refractivity contribution in [2.75, 3.05) is 12.4 Å². The van der Waals surface area contributed by atoms with Gasteiger partial charge in [-0.05, 0) is 61.7 Å². The predicted octanol–water partition coefficient (Wildman–Crippen LogP) is 6.51. The van der Waals surface area contributed by atoms with Crippen molar-refractivity contribution in [3.8, 4) is 17.6 Å². The minimum absolute atomic E-state index is 0.0221. The topological polar surface area (TPSA) is 71.3 Å². The Bertz CT molecular complexity index is 1260. The highest BCUT2D eigenvalue weighted by molar-refractivity contribution is 9.10. The first kappa shape index (κ1) is 24.1. The normalized spacial score (nSPS) is 11.0. The fourth-order valence-corrected chi connectivity index (χ4v) is 3.78. The van der Waals surface area contributed by atoms with Gasteiger partial charge in [0.15, 0.2) is 11.5 Å². The molecule has 0 aliphatic rings. The van der Waals surface area contributed by atoms with Crippen LogP contribution in [0.3, 0.4) is 0 Å². The van der Waals surface area contributed by atoms with Gasteiger partial charge in [0, 0.05) is 10.2 Å². The molecule has 168 valence electrons. The molecule has 0 aromatic heterocycles. The summed E-state index contributed by atoms with van der Waals surface area (Å²) in [6.07, 6.45) is 1.52. The Morgan fingerprint density at radius 1 is 1.06 bits per heavy atom. The van der Waals surface area contributed by atoms with E-state index < -0.39 is 5.91 Å². The average molecular weight is 505 g/mol. The van der Waals surface area contributed by atoms with Crippen molar-refractivity contribution in [3.05, 3.63) is 92.5 Å². The standard InChI is InChI=1S/C27H25BrN2O3/c1-17-6-5-7-20(11-17)16-33-26-14-23(28)21(13-25(26)32-4)12-22(15-29)27(31)30-24-9-8-18(2)10-19(24)3/h5-14H,16H2,1-4H3,(H,30,31)/b22-12+. The predicted molar refractivity (Wildman–Crippen MR) is 134 cm³/mol. The van der Waals surface area contributed by atoms with Crippen LogP contribution in [0.15, 0.2) is 64.6 Å². The van der Waals surface area contributed by atoms with Gasteiger partial charge in [0.1, 0.15) is 18.2 Å². The molecule has 3 aromatic carbocycles. The summed E-state index contributed by atoms with van der Waals surface area (Å²) >= 11 is 3.52. The molecule has 0 fully saturated rings. The van der Waals surface area contributed by atoms with Gasteiger partial charge in [0.25, 0.3) is 5.91 Å². The van der Waals surface area contributed by atoms with Crippen molar-refractivity contribution >= 4 is 33.6 Å². The number of ether oxygens (including phenoxy) is 2. The van der Waals surface area contributed by atoms with Crippen LogP contribution in [0.25, 0.3) is 6.08 Å². The largest absolute Gasteiger partial charge is 0.493 e. The second-order valence-electron chi connectivity index (χ2n) is 7.74. The Balaban J connectivity index is 1.83. The number of methoxy groups -OCH3 is 1.